The summed E-state index contributed by atoms with van der Waals surface area (Å²) in [6, 6.07) is 14.5. The highest BCUT2D eigenvalue weighted by Crippen LogP contribution is 2.22. The van der Waals surface area contributed by atoms with E-state index in [1.165, 1.54) is 12.1 Å². The molecule has 0 aliphatic heterocycles. The Morgan fingerprint density at radius 2 is 1.50 bits per heavy atom. The van der Waals surface area contributed by atoms with Crippen molar-refractivity contribution in [2.45, 2.75) is 43.0 Å². The Morgan fingerprint density at radius 1 is 0.885 bits per heavy atom. The van der Waals surface area contributed by atoms with Crippen molar-refractivity contribution >= 4 is 16.1 Å². The molecule has 138 valence electrons. The van der Waals surface area contributed by atoms with Gasteiger partial charge in [0.2, 0.25) is 0 Å². The molecule has 0 heterocycles. The van der Waals surface area contributed by atoms with Gasteiger partial charge in [-0.05, 0) is 49.2 Å². The van der Waals surface area contributed by atoms with Crippen LogP contribution in [0.1, 0.15) is 32.1 Å². The number of rotatable bonds is 5. The number of benzene rings is 2. The molecular formula is C19H22N2O4S. The molecule has 1 aliphatic carbocycles. The van der Waals surface area contributed by atoms with Gasteiger partial charge in [0.25, 0.3) is 10.0 Å². The lowest BCUT2D eigenvalue weighted by atomic mass is 9.96. The number of sulfonamides is 1. The van der Waals surface area contributed by atoms with Crippen molar-refractivity contribution in [1.82, 2.24) is 10.0 Å². The SMILES string of the molecule is O=C(NC1CCCCC1)NS(=O)(=O)c1ccc(Oc2ccccc2)cc1. The summed E-state index contributed by atoms with van der Waals surface area (Å²) in [7, 11) is -3.92. The molecule has 0 unspecified atom stereocenters. The fourth-order valence-electron chi connectivity index (χ4n) is 2.95. The Balaban J connectivity index is 1.60. The average molecular weight is 374 g/mol. The number of carbonyl (C=O) groups excluding carboxylic acids is 1. The van der Waals surface area contributed by atoms with E-state index < -0.39 is 16.1 Å². The predicted octanol–water partition coefficient (Wildman–Crippen LogP) is 3.80. The highest BCUT2D eigenvalue weighted by molar-refractivity contribution is 7.90. The van der Waals surface area contributed by atoms with Crippen molar-refractivity contribution in [2.24, 2.45) is 0 Å². The Labute approximate surface area is 153 Å². The molecule has 2 N–H and O–H groups in total. The molecule has 3 rings (SSSR count). The largest absolute Gasteiger partial charge is 0.457 e. The summed E-state index contributed by atoms with van der Waals surface area (Å²) in [4.78, 5) is 12.0. The lowest BCUT2D eigenvalue weighted by molar-refractivity contribution is 0.237. The van der Waals surface area contributed by atoms with E-state index in [0.29, 0.717) is 11.5 Å². The maximum absolute atomic E-state index is 12.3. The summed E-state index contributed by atoms with van der Waals surface area (Å²) in [6.07, 6.45) is 5.05. The fraction of sp³-hybridized carbons (Fsp3) is 0.316. The van der Waals surface area contributed by atoms with Crippen molar-refractivity contribution in [3.63, 3.8) is 0 Å². The first-order valence-electron chi connectivity index (χ1n) is 8.69. The molecular weight excluding hydrogens is 352 g/mol. The molecule has 1 saturated carbocycles. The standard InChI is InChI=1S/C19H22N2O4S/c22-19(20-15-7-3-1-4-8-15)21-26(23,24)18-13-11-17(12-14-18)25-16-9-5-2-6-10-16/h2,5-6,9-15H,1,3-4,7-8H2,(H2,20,21,22). The van der Waals surface area contributed by atoms with Crippen LogP contribution < -0.4 is 14.8 Å². The maximum Gasteiger partial charge on any atom is 0.328 e. The quantitative estimate of drug-likeness (QED) is 0.834. The molecule has 6 nitrogen and oxygen atoms in total. The van der Waals surface area contributed by atoms with Crippen molar-refractivity contribution in [1.29, 1.82) is 0 Å². The molecule has 2 amide bonds. The molecule has 0 atom stereocenters. The summed E-state index contributed by atoms with van der Waals surface area (Å²) >= 11 is 0. The van der Waals surface area contributed by atoms with Crippen LogP contribution >= 0.6 is 0 Å². The van der Waals surface area contributed by atoms with E-state index in [1.54, 1.807) is 12.1 Å². The van der Waals surface area contributed by atoms with Crippen LogP contribution in [0.5, 0.6) is 11.5 Å². The summed E-state index contributed by atoms with van der Waals surface area (Å²) in [6.45, 7) is 0. The zero-order chi connectivity index (χ0) is 18.4. The number of urea groups is 1. The van der Waals surface area contributed by atoms with Gasteiger partial charge in [-0.25, -0.2) is 17.9 Å². The Hall–Kier alpha value is -2.54. The molecule has 1 fully saturated rings. The van der Waals surface area contributed by atoms with Gasteiger partial charge in [0, 0.05) is 6.04 Å². The third-order valence-electron chi connectivity index (χ3n) is 4.28. The van der Waals surface area contributed by atoms with Gasteiger partial charge in [0.05, 0.1) is 4.90 Å². The van der Waals surface area contributed by atoms with Crippen molar-refractivity contribution in [3.8, 4) is 11.5 Å². The van der Waals surface area contributed by atoms with Crippen molar-refractivity contribution in [2.75, 3.05) is 0 Å². The first-order valence-corrected chi connectivity index (χ1v) is 10.2. The van der Waals surface area contributed by atoms with Gasteiger partial charge in [0.15, 0.2) is 0 Å². The second-order valence-electron chi connectivity index (χ2n) is 6.30. The minimum Gasteiger partial charge on any atom is -0.457 e. The van der Waals surface area contributed by atoms with Gasteiger partial charge in [-0.3, -0.25) is 0 Å². The summed E-state index contributed by atoms with van der Waals surface area (Å²) in [5, 5.41) is 2.73. The second kappa shape index (κ2) is 8.23. The summed E-state index contributed by atoms with van der Waals surface area (Å²) in [5.74, 6) is 1.18. The van der Waals surface area contributed by atoms with Crippen LogP contribution in [0.4, 0.5) is 4.79 Å². The second-order valence-corrected chi connectivity index (χ2v) is 7.98. The lowest BCUT2D eigenvalue weighted by Gasteiger charge is -2.22. The molecule has 1 aliphatic rings. The number of nitrogens with one attached hydrogen (secondary N) is 2. The third-order valence-corrected chi connectivity index (χ3v) is 5.63. The Kier molecular flexibility index (Phi) is 5.78. The highest BCUT2D eigenvalue weighted by atomic mass is 32.2. The first kappa shape index (κ1) is 18.3. The predicted molar refractivity (Wildman–Crippen MR) is 98.7 cm³/mol. The number of ether oxygens (including phenoxy) is 1. The van der Waals surface area contributed by atoms with Crippen molar-refractivity contribution < 1.29 is 17.9 Å². The molecule has 26 heavy (non-hydrogen) atoms. The van der Waals surface area contributed by atoms with Crippen LogP contribution in [0.3, 0.4) is 0 Å². The van der Waals surface area contributed by atoms with Crippen LogP contribution in [0, 0.1) is 0 Å². The fourth-order valence-corrected chi connectivity index (χ4v) is 3.87. The van der Waals surface area contributed by atoms with E-state index >= 15 is 0 Å². The summed E-state index contributed by atoms with van der Waals surface area (Å²) < 4.78 is 32.4. The Morgan fingerprint density at radius 3 is 2.15 bits per heavy atom. The number of amides is 2. The lowest BCUT2D eigenvalue weighted by Crippen LogP contribution is -2.45. The van der Waals surface area contributed by atoms with Gasteiger partial charge >= 0.3 is 6.03 Å². The van der Waals surface area contributed by atoms with Crippen LogP contribution in [-0.4, -0.2) is 20.5 Å². The minimum atomic E-state index is -3.92. The van der Waals surface area contributed by atoms with Crippen LogP contribution in [-0.2, 0) is 10.0 Å². The van der Waals surface area contributed by atoms with E-state index in [2.05, 4.69) is 10.0 Å². The number of hydrogen-bond donors (Lipinski definition) is 2. The van der Waals surface area contributed by atoms with Gasteiger partial charge in [-0.2, -0.15) is 0 Å². The van der Waals surface area contributed by atoms with Gasteiger partial charge in [-0.15, -0.1) is 0 Å². The monoisotopic (exact) mass is 374 g/mol. The Bertz CT molecular complexity index is 830. The van der Waals surface area contributed by atoms with Crippen LogP contribution in [0.2, 0.25) is 0 Å². The zero-order valence-corrected chi connectivity index (χ0v) is 15.2. The molecule has 0 bridgehead atoms. The van der Waals surface area contributed by atoms with Gasteiger partial charge in [-0.1, -0.05) is 37.5 Å². The highest BCUT2D eigenvalue weighted by Gasteiger charge is 2.21. The van der Waals surface area contributed by atoms with Crippen LogP contribution in [0.25, 0.3) is 0 Å². The van der Waals surface area contributed by atoms with E-state index in [1.807, 2.05) is 30.3 Å². The zero-order valence-electron chi connectivity index (χ0n) is 14.4. The van der Waals surface area contributed by atoms with E-state index in [4.69, 9.17) is 4.74 Å². The average Bonchev–Trinajstić information content (AvgIpc) is 2.63. The van der Waals surface area contributed by atoms with E-state index in [9.17, 15) is 13.2 Å². The smallest absolute Gasteiger partial charge is 0.328 e. The van der Waals surface area contributed by atoms with E-state index in [-0.39, 0.29) is 10.9 Å². The molecule has 0 saturated heterocycles. The molecule has 0 spiro atoms. The molecule has 2 aromatic rings. The number of carbonyl (C=O) groups is 1. The normalized spacial score (nSPS) is 15.2. The molecule has 2 aromatic carbocycles. The first-order chi connectivity index (χ1) is 12.5. The summed E-state index contributed by atoms with van der Waals surface area (Å²) in [5.41, 5.74) is 0. The van der Waals surface area contributed by atoms with E-state index in [0.717, 1.165) is 32.1 Å². The molecule has 7 heteroatoms. The maximum atomic E-state index is 12.3. The number of hydrogen-bond acceptors (Lipinski definition) is 4. The molecule has 0 radical (unpaired) electrons. The minimum absolute atomic E-state index is 0.0108. The van der Waals surface area contributed by atoms with Crippen molar-refractivity contribution in [3.05, 3.63) is 54.6 Å². The van der Waals surface area contributed by atoms with Gasteiger partial charge < -0.3 is 10.1 Å². The third kappa shape index (κ3) is 4.98. The number of para-hydroxylation sites is 1. The van der Waals surface area contributed by atoms with Gasteiger partial charge in [0.1, 0.15) is 11.5 Å². The van der Waals surface area contributed by atoms with Crippen LogP contribution in [0.15, 0.2) is 59.5 Å². The topological polar surface area (TPSA) is 84.5 Å². The molecule has 0 aromatic heterocycles.